The van der Waals surface area contributed by atoms with E-state index in [0.717, 1.165) is 10.6 Å². The molecule has 0 atom stereocenters. The van der Waals surface area contributed by atoms with Crippen LogP contribution in [-0.2, 0) is 0 Å². The molecule has 0 saturated carbocycles. The van der Waals surface area contributed by atoms with Gasteiger partial charge in [0.2, 0.25) is 0 Å². The van der Waals surface area contributed by atoms with Crippen molar-refractivity contribution in [3.05, 3.63) is 123 Å². The van der Waals surface area contributed by atoms with Crippen LogP contribution >= 0.6 is 11.3 Å². The number of amides is 1. The molecule has 9 heteroatoms. The molecular formula is C26H17FN4O3S. The molecule has 1 amide bonds. The fraction of sp³-hybridized carbons (Fsp3) is 0. The number of para-hydroxylation sites is 2. The number of hydrogen-bond acceptors (Lipinski definition) is 5. The molecule has 7 nitrogen and oxygen atoms in total. The number of aromatic nitrogens is 3. The summed E-state index contributed by atoms with van der Waals surface area (Å²) in [6.07, 6.45) is 0. The standard InChI is InChI=1S/C26H17FN4O3S/c27-19-12-6-4-10-17(19)25-29-22(15-35-25)18-11-5-7-13-20(18)28-24(33)21-14-23(32)31(26(34)30-21)16-8-2-1-3-9-16/h1-15H,(H,28,33)(H,30,34). The molecule has 0 aliphatic rings. The Kier molecular flexibility index (Phi) is 5.90. The van der Waals surface area contributed by atoms with Crippen molar-refractivity contribution in [1.82, 2.24) is 14.5 Å². The van der Waals surface area contributed by atoms with Crippen molar-refractivity contribution in [2.24, 2.45) is 0 Å². The van der Waals surface area contributed by atoms with Gasteiger partial charge in [-0.05, 0) is 30.3 Å². The number of aromatic amines is 1. The molecular weight excluding hydrogens is 467 g/mol. The Morgan fingerprint density at radius 3 is 2.34 bits per heavy atom. The molecule has 2 N–H and O–H groups in total. The monoisotopic (exact) mass is 484 g/mol. The van der Waals surface area contributed by atoms with Gasteiger partial charge < -0.3 is 10.3 Å². The van der Waals surface area contributed by atoms with E-state index in [0.29, 0.717) is 33.2 Å². The lowest BCUT2D eigenvalue weighted by Gasteiger charge is -2.10. The molecule has 0 radical (unpaired) electrons. The van der Waals surface area contributed by atoms with E-state index >= 15 is 0 Å². The number of halogens is 1. The van der Waals surface area contributed by atoms with E-state index in [1.165, 1.54) is 17.4 Å². The summed E-state index contributed by atoms with van der Waals surface area (Å²) in [4.78, 5) is 45.1. The quantitative estimate of drug-likeness (QED) is 0.378. The number of carbonyl (C=O) groups is 1. The third-order valence-electron chi connectivity index (χ3n) is 5.25. The minimum Gasteiger partial charge on any atom is -0.320 e. The molecule has 2 aromatic heterocycles. The first-order chi connectivity index (χ1) is 17.0. The first kappa shape index (κ1) is 22.2. The first-order valence-corrected chi connectivity index (χ1v) is 11.4. The average molecular weight is 485 g/mol. The Balaban J connectivity index is 1.45. The van der Waals surface area contributed by atoms with Gasteiger partial charge in [-0.25, -0.2) is 18.7 Å². The Morgan fingerprint density at radius 1 is 0.914 bits per heavy atom. The lowest BCUT2D eigenvalue weighted by molar-refractivity contribution is 0.102. The van der Waals surface area contributed by atoms with Gasteiger partial charge >= 0.3 is 5.69 Å². The van der Waals surface area contributed by atoms with Crippen molar-refractivity contribution in [2.45, 2.75) is 0 Å². The third-order valence-corrected chi connectivity index (χ3v) is 6.13. The van der Waals surface area contributed by atoms with Gasteiger partial charge in [0.25, 0.3) is 11.5 Å². The van der Waals surface area contributed by atoms with E-state index in [1.54, 1.807) is 78.2 Å². The smallest absolute Gasteiger partial charge is 0.320 e. The van der Waals surface area contributed by atoms with Crippen LogP contribution < -0.4 is 16.6 Å². The summed E-state index contributed by atoms with van der Waals surface area (Å²) in [5.74, 6) is -1.03. The highest BCUT2D eigenvalue weighted by Gasteiger charge is 2.16. The summed E-state index contributed by atoms with van der Waals surface area (Å²) in [5, 5.41) is 5.01. The van der Waals surface area contributed by atoms with Gasteiger partial charge in [-0.3, -0.25) is 9.59 Å². The number of hydrogen-bond donors (Lipinski definition) is 2. The van der Waals surface area contributed by atoms with Gasteiger partial charge in [0.05, 0.1) is 17.1 Å². The summed E-state index contributed by atoms with van der Waals surface area (Å²) in [6.45, 7) is 0. The number of anilines is 1. The number of carbonyl (C=O) groups excluding carboxylic acids is 1. The highest BCUT2D eigenvalue weighted by atomic mass is 32.1. The Hall–Kier alpha value is -4.63. The van der Waals surface area contributed by atoms with Crippen molar-refractivity contribution >= 4 is 22.9 Å². The van der Waals surface area contributed by atoms with Crippen LogP contribution in [0.1, 0.15) is 10.5 Å². The summed E-state index contributed by atoms with van der Waals surface area (Å²) in [7, 11) is 0. The zero-order chi connectivity index (χ0) is 24.4. The molecule has 5 rings (SSSR count). The molecule has 2 heterocycles. The largest absolute Gasteiger partial charge is 0.333 e. The second kappa shape index (κ2) is 9.32. The summed E-state index contributed by atoms with van der Waals surface area (Å²) < 4.78 is 15.1. The van der Waals surface area contributed by atoms with E-state index in [9.17, 15) is 18.8 Å². The topological polar surface area (TPSA) is 96.8 Å². The van der Waals surface area contributed by atoms with E-state index in [4.69, 9.17) is 0 Å². The maximum Gasteiger partial charge on any atom is 0.333 e. The summed E-state index contributed by atoms with van der Waals surface area (Å²) in [6, 6.07) is 22.8. The molecule has 35 heavy (non-hydrogen) atoms. The average Bonchev–Trinajstić information content (AvgIpc) is 3.35. The molecule has 0 spiro atoms. The first-order valence-electron chi connectivity index (χ1n) is 10.5. The number of benzene rings is 3. The number of thiazole rings is 1. The van der Waals surface area contributed by atoms with Crippen molar-refractivity contribution in [3.8, 4) is 27.5 Å². The minimum atomic E-state index is -0.726. The van der Waals surface area contributed by atoms with E-state index < -0.39 is 17.2 Å². The van der Waals surface area contributed by atoms with Gasteiger partial charge in [0, 0.05) is 22.6 Å². The lowest BCUT2D eigenvalue weighted by Crippen LogP contribution is -2.35. The predicted molar refractivity (Wildman–Crippen MR) is 134 cm³/mol. The van der Waals surface area contributed by atoms with E-state index in [2.05, 4.69) is 15.3 Å². The van der Waals surface area contributed by atoms with Crippen LogP contribution in [0.2, 0.25) is 0 Å². The fourth-order valence-corrected chi connectivity index (χ4v) is 4.45. The Bertz CT molecular complexity index is 1630. The third kappa shape index (κ3) is 4.44. The normalized spacial score (nSPS) is 10.8. The zero-order valence-electron chi connectivity index (χ0n) is 18.1. The van der Waals surface area contributed by atoms with Crippen LogP contribution in [0.4, 0.5) is 10.1 Å². The van der Waals surface area contributed by atoms with Gasteiger partial charge in [-0.2, -0.15) is 0 Å². The van der Waals surface area contributed by atoms with Crippen molar-refractivity contribution in [2.75, 3.05) is 5.32 Å². The second-order valence-corrected chi connectivity index (χ2v) is 8.37. The molecule has 0 bridgehead atoms. The number of nitrogens with one attached hydrogen (secondary N) is 2. The van der Waals surface area contributed by atoms with E-state index in [-0.39, 0.29) is 11.5 Å². The van der Waals surface area contributed by atoms with Gasteiger partial charge in [0.1, 0.15) is 16.5 Å². The van der Waals surface area contributed by atoms with Crippen molar-refractivity contribution in [3.63, 3.8) is 0 Å². The fourth-order valence-electron chi connectivity index (χ4n) is 3.60. The number of rotatable bonds is 5. The van der Waals surface area contributed by atoms with Crippen LogP contribution in [0.5, 0.6) is 0 Å². The molecule has 0 fully saturated rings. The van der Waals surface area contributed by atoms with E-state index in [1.807, 2.05) is 0 Å². The van der Waals surface area contributed by atoms with Crippen LogP contribution in [0.3, 0.4) is 0 Å². The van der Waals surface area contributed by atoms with Crippen LogP contribution in [0, 0.1) is 5.82 Å². The van der Waals surface area contributed by atoms with Crippen LogP contribution in [0.15, 0.2) is 99.9 Å². The molecule has 0 unspecified atom stereocenters. The minimum absolute atomic E-state index is 0.174. The second-order valence-electron chi connectivity index (χ2n) is 7.51. The summed E-state index contributed by atoms with van der Waals surface area (Å²) >= 11 is 1.28. The molecule has 0 aliphatic heterocycles. The van der Waals surface area contributed by atoms with Crippen molar-refractivity contribution in [1.29, 1.82) is 0 Å². The molecule has 3 aromatic carbocycles. The molecule has 172 valence electrons. The highest BCUT2D eigenvalue weighted by molar-refractivity contribution is 7.13. The highest BCUT2D eigenvalue weighted by Crippen LogP contribution is 2.33. The number of nitrogens with zero attached hydrogens (tertiary/aromatic N) is 2. The van der Waals surface area contributed by atoms with Gasteiger partial charge in [-0.15, -0.1) is 11.3 Å². The molecule has 0 saturated heterocycles. The molecule has 0 aliphatic carbocycles. The van der Waals surface area contributed by atoms with Crippen LogP contribution in [-0.4, -0.2) is 20.4 Å². The summed E-state index contributed by atoms with van der Waals surface area (Å²) in [5.41, 5.74) is 0.843. The van der Waals surface area contributed by atoms with Crippen LogP contribution in [0.25, 0.3) is 27.5 Å². The molecule has 5 aromatic rings. The van der Waals surface area contributed by atoms with Crippen molar-refractivity contribution < 1.29 is 9.18 Å². The number of H-pyrrole nitrogens is 1. The van der Waals surface area contributed by atoms with Gasteiger partial charge in [-0.1, -0.05) is 48.5 Å². The lowest BCUT2D eigenvalue weighted by atomic mass is 10.1. The predicted octanol–water partition coefficient (Wildman–Crippen LogP) is 4.71. The maximum absolute atomic E-state index is 14.2. The van der Waals surface area contributed by atoms with Gasteiger partial charge in [0.15, 0.2) is 0 Å². The Morgan fingerprint density at radius 2 is 1.60 bits per heavy atom. The Labute approximate surface area is 202 Å². The maximum atomic E-state index is 14.2. The zero-order valence-corrected chi connectivity index (χ0v) is 18.9. The SMILES string of the molecule is O=C(Nc1ccccc1-c1csc(-c2ccccc2F)n1)c1cc(=O)n(-c2ccccc2)c(=O)[nH]1.